The molecule has 1 heteroatoms. The maximum atomic E-state index is 3.52. The average molecular weight is 201 g/mol. The monoisotopic (exact) mass is 201 g/mol. The summed E-state index contributed by atoms with van der Waals surface area (Å²) < 4.78 is 0. The molecule has 0 unspecified atom stereocenters. The lowest BCUT2D eigenvalue weighted by Crippen LogP contribution is -1.89. The van der Waals surface area contributed by atoms with Crippen molar-refractivity contribution in [1.82, 2.24) is 4.98 Å². The summed E-state index contributed by atoms with van der Waals surface area (Å²) in [5, 5.41) is 1.42. The number of rotatable bonds is 4. The van der Waals surface area contributed by atoms with Gasteiger partial charge in [-0.1, -0.05) is 38.5 Å². The molecule has 1 N–H and O–H groups in total. The van der Waals surface area contributed by atoms with E-state index in [1.54, 1.807) is 0 Å². The van der Waals surface area contributed by atoms with Gasteiger partial charge in [0.05, 0.1) is 0 Å². The van der Waals surface area contributed by atoms with Gasteiger partial charge in [-0.2, -0.15) is 0 Å². The van der Waals surface area contributed by atoms with Crippen LogP contribution in [0.3, 0.4) is 0 Å². The van der Waals surface area contributed by atoms with Crippen LogP contribution >= 0.6 is 0 Å². The van der Waals surface area contributed by atoms with Crippen LogP contribution in [0.25, 0.3) is 10.9 Å². The zero-order chi connectivity index (χ0) is 10.7. The Morgan fingerprint density at radius 2 is 1.93 bits per heavy atom. The average Bonchev–Trinajstić information content (AvgIpc) is 2.64. The Morgan fingerprint density at radius 1 is 1.13 bits per heavy atom. The smallest absolute Gasteiger partial charge is 0.0458 e. The van der Waals surface area contributed by atoms with Crippen molar-refractivity contribution >= 4 is 10.9 Å². The maximum Gasteiger partial charge on any atom is 0.0458 e. The van der Waals surface area contributed by atoms with Gasteiger partial charge in [-0.3, -0.25) is 0 Å². The number of fused-ring (bicyclic) bond motifs is 1. The summed E-state index contributed by atoms with van der Waals surface area (Å²) in [6.07, 6.45) is 4.87. The molecule has 0 radical (unpaired) electrons. The maximum absolute atomic E-state index is 3.52. The molecule has 0 bridgehead atoms. The largest absolute Gasteiger partial charge is 0.358 e. The minimum Gasteiger partial charge on any atom is -0.358 e. The van der Waals surface area contributed by atoms with Crippen LogP contribution in [0.5, 0.6) is 0 Å². The normalized spacial score (nSPS) is 11.1. The number of hydrogen-bond donors (Lipinski definition) is 1. The number of nitrogens with one attached hydrogen (secondary N) is 1. The minimum atomic E-state index is 1.10. The molecule has 0 amide bonds. The SMILES string of the molecule is CCCCc1c(CC)[nH]c2ccccc12. The van der Waals surface area contributed by atoms with E-state index >= 15 is 0 Å². The summed E-state index contributed by atoms with van der Waals surface area (Å²) in [7, 11) is 0. The van der Waals surface area contributed by atoms with Crippen LogP contribution in [0.15, 0.2) is 24.3 Å². The first kappa shape index (κ1) is 10.3. The standard InChI is InChI=1S/C14H19N/c1-3-5-8-11-12-9-6-7-10-14(12)15-13(11)4-2/h6-7,9-10,15H,3-5,8H2,1-2H3. The van der Waals surface area contributed by atoms with E-state index in [0.29, 0.717) is 0 Å². The molecule has 0 aliphatic rings. The molecule has 2 rings (SSSR count). The summed E-state index contributed by atoms with van der Waals surface area (Å²) in [6.45, 7) is 4.47. The number of aromatic amines is 1. The summed E-state index contributed by atoms with van der Waals surface area (Å²) in [4.78, 5) is 3.52. The molecule has 1 aromatic heterocycles. The molecule has 1 heterocycles. The number of unbranched alkanes of at least 4 members (excludes halogenated alkanes) is 1. The quantitative estimate of drug-likeness (QED) is 0.767. The first-order valence-corrected chi connectivity index (χ1v) is 5.95. The summed E-state index contributed by atoms with van der Waals surface area (Å²) in [6, 6.07) is 8.63. The first-order chi connectivity index (χ1) is 7.36. The van der Waals surface area contributed by atoms with Crippen molar-refractivity contribution in [3.05, 3.63) is 35.5 Å². The minimum absolute atomic E-state index is 1.10. The summed E-state index contributed by atoms with van der Waals surface area (Å²) >= 11 is 0. The van der Waals surface area contributed by atoms with Crippen molar-refractivity contribution in [2.75, 3.05) is 0 Å². The predicted molar refractivity (Wildman–Crippen MR) is 66.3 cm³/mol. The van der Waals surface area contributed by atoms with E-state index in [9.17, 15) is 0 Å². The Kier molecular flexibility index (Phi) is 3.10. The second kappa shape index (κ2) is 4.52. The third-order valence-electron chi connectivity index (χ3n) is 3.04. The van der Waals surface area contributed by atoms with Crippen molar-refractivity contribution in [2.24, 2.45) is 0 Å². The van der Waals surface area contributed by atoms with E-state index in [4.69, 9.17) is 0 Å². The molecule has 0 spiro atoms. The molecule has 1 nitrogen and oxygen atoms in total. The second-order valence-electron chi connectivity index (χ2n) is 4.08. The Labute approximate surface area is 91.5 Å². The van der Waals surface area contributed by atoms with Crippen LogP contribution in [-0.4, -0.2) is 4.98 Å². The molecule has 0 fully saturated rings. The van der Waals surface area contributed by atoms with Gasteiger partial charge >= 0.3 is 0 Å². The highest BCUT2D eigenvalue weighted by atomic mass is 14.7. The molecule has 0 aliphatic carbocycles. The number of benzene rings is 1. The van der Waals surface area contributed by atoms with Crippen LogP contribution in [0.4, 0.5) is 0 Å². The van der Waals surface area contributed by atoms with Crippen LogP contribution in [-0.2, 0) is 12.8 Å². The van der Waals surface area contributed by atoms with E-state index in [2.05, 4.69) is 43.1 Å². The lowest BCUT2D eigenvalue weighted by atomic mass is 10.0. The van der Waals surface area contributed by atoms with Gasteiger partial charge in [-0.15, -0.1) is 0 Å². The number of para-hydroxylation sites is 1. The van der Waals surface area contributed by atoms with Gasteiger partial charge in [-0.05, 0) is 30.9 Å². The van der Waals surface area contributed by atoms with Crippen LogP contribution < -0.4 is 0 Å². The molecule has 1 aromatic carbocycles. The first-order valence-electron chi connectivity index (χ1n) is 5.95. The molecule has 0 saturated carbocycles. The topological polar surface area (TPSA) is 15.8 Å². The van der Waals surface area contributed by atoms with Gasteiger partial charge in [0.25, 0.3) is 0 Å². The van der Waals surface area contributed by atoms with Gasteiger partial charge in [0.2, 0.25) is 0 Å². The molecule has 80 valence electrons. The third kappa shape index (κ3) is 1.92. The van der Waals surface area contributed by atoms with E-state index in [1.165, 1.54) is 41.4 Å². The molecule has 2 aromatic rings. The number of hydrogen-bond acceptors (Lipinski definition) is 0. The van der Waals surface area contributed by atoms with E-state index in [1.807, 2.05) is 0 Å². The highest BCUT2D eigenvalue weighted by Crippen LogP contribution is 2.24. The van der Waals surface area contributed by atoms with Crippen molar-refractivity contribution in [1.29, 1.82) is 0 Å². The fourth-order valence-electron chi connectivity index (χ4n) is 2.20. The third-order valence-corrected chi connectivity index (χ3v) is 3.04. The van der Waals surface area contributed by atoms with Crippen LogP contribution in [0.1, 0.15) is 37.9 Å². The van der Waals surface area contributed by atoms with Crippen molar-refractivity contribution in [2.45, 2.75) is 39.5 Å². The molecular formula is C14H19N. The zero-order valence-corrected chi connectivity index (χ0v) is 9.64. The van der Waals surface area contributed by atoms with Gasteiger partial charge in [0.15, 0.2) is 0 Å². The number of H-pyrrole nitrogens is 1. The molecular weight excluding hydrogens is 182 g/mol. The van der Waals surface area contributed by atoms with Gasteiger partial charge < -0.3 is 4.98 Å². The number of aryl methyl sites for hydroxylation is 2. The fraction of sp³-hybridized carbons (Fsp3) is 0.429. The van der Waals surface area contributed by atoms with Gasteiger partial charge in [0.1, 0.15) is 0 Å². The van der Waals surface area contributed by atoms with E-state index < -0.39 is 0 Å². The Morgan fingerprint density at radius 3 is 2.67 bits per heavy atom. The van der Waals surface area contributed by atoms with Gasteiger partial charge in [0, 0.05) is 16.6 Å². The highest BCUT2D eigenvalue weighted by molar-refractivity contribution is 5.84. The molecule has 0 saturated heterocycles. The van der Waals surface area contributed by atoms with E-state index in [0.717, 1.165) is 6.42 Å². The van der Waals surface area contributed by atoms with Crippen molar-refractivity contribution < 1.29 is 0 Å². The molecule has 15 heavy (non-hydrogen) atoms. The summed E-state index contributed by atoms with van der Waals surface area (Å²) in [5.41, 5.74) is 4.25. The summed E-state index contributed by atoms with van der Waals surface area (Å²) in [5.74, 6) is 0. The lowest BCUT2D eigenvalue weighted by molar-refractivity contribution is 0.789. The van der Waals surface area contributed by atoms with Crippen LogP contribution in [0.2, 0.25) is 0 Å². The fourth-order valence-corrected chi connectivity index (χ4v) is 2.20. The number of aromatic nitrogens is 1. The van der Waals surface area contributed by atoms with Crippen LogP contribution in [0, 0.1) is 0 Å². The van der Waals surface area contributed by atoms with Gasteiger partial charge in [-0.25, -0.2) is 0 Å². The second-order valence-corrected chi connectivity index (χ2v) is 4.08. The zero-order valence-electron chi connectivity index (χ0n) is 9.64. The predicted octanol–water partition coefficient (Wildman–Crippen LogP) is 4.07. The lowest BCUT2D eigenvalue weighted by Gasteiger charge is -2.01. The van der Waals surface area contributed by atoms with E-state index in [-0.39, 0.29) is 0 Å². The van der Waals surface area contributed by atoms with Crippen molar-refractivity contribution in [3.8, 4) is 0 Å². The Bertz CT molecular complexity index is 440. The Hall–Kier alpha value is -1.24. The van der Waals surface area contributed by atoms with Crippen molar-refractivity contribution in [3.63, 3.8) is 0 Å². The Balaban J connectivity index is 2.47. The highest BCUT2D eigenvalue weighted by Gasteiger charge is 2.08. The molecule has 0 atom stereocenters. The molecule has 0 aliphatic heterocycles.